The summed E-state index contributed by atoms with van der Waals surface area (Å²) in [7, 11) is 0. The first-order valence-electron chi connectivity index (χ1n) is 7.30. The highest BCUT2D eigenvalue weighted by Crippen LogP contribution is 2.22. The second-order valence-corrected chi connectivity index (χ2v) is 5.49. The van der Waals surface area contributed by atoms with E-state index >= 15 is 0 Å². The number of benzene rings is 1. The van der Waals surface area contributed by atoms with E-state index in [0.29, 0.717) is 24.4 Å². The van der Waals surface area contributed by atoms with Crippen molar-refractivity contribution in [1.29, 1.82) is 0 Å². The predicted molar refractivity (Wildman–Crippen MR) is 80.9 cm³/mol. The number of nitrogen functional groups attached to an aromatic ring is 1. The Hall–Kier alpha value is -1.55. The monoisotopic (exact) mass is 276 g/mol. The highest BCUT2D eigenvalue weighted by Gasteiger charge is 2.25. The van der Waals surface area contributed by atoms with E-state index in [1.165, 1.54) is 0 Å². The van der Waals surface area contributed by atoms with Gasteiger partial charge in [-0.1, -0.05) is 6.07 Å². The van der Waals surface area contributed by atoms with Gasteiger partial charge in [0.05, 0.1) is 6.10 Å². The van der Waals surface area contributed by atoms with Crippen LogP contribution in [0.4, 0.5) is 5.69 Å². The molecule has 4 heteroatoms. The molecule has 1 amide bonds. The Kier molecular flexibility index (Phi) is 4.65. The maximum absolute atomic E-state index is 12.6. The molecule has 1 atom stereocenters. The Labute approximate surface area is 120 Å². The first-order chi connectivity index (χ1) is 9.52. The maximum Gasteiger partial charge on any atom is 0.254 e. The number of ether oxygens (including phenoxy) is 1. The number of nitrogens with zero attached hydrogens (tertiary/aromatic N) is 1. The van der Waals surface area contributed by atoms with Crippen molar-refractivity contribution < 1.29 is 9.53 Å². The number of carbonyl (C=O) groups excluding carboxylic acids is 1. The molecule has 1 aliphatic rings. The van der Waals surface area contributed by atoms with Gasteiger partial charge in [0.2, 0.25) is 0 Å². The first-order valence-corrected chi connectivity index (χ1v) is 7.30. The van der Waals surface area contributed by atoms with E-state index in [4.69, 9.17) is 10.5 Å². The van der Waals surface area contributed by atoms with Crippen LogP contribution in [-0.2, 0) is 4.74 Å². The van der Waals surface area contributed by atoms with Crippen molar-refractivity contribution in [3.8, 4) is 0 Å². The van der Waals surface area contributed by atoms with Gasteiger partial charge in [-0.15, -0.1) is 0 Å². The lowest BCUT2D eigenvalue weighted by Gasteiger charge is -2.33. The lowest BCUT2D eigenvalue weighted by Crippen LogP contribution is -2.43. The third kappa shape index (κ3) is 3.12. The highest BCUT2D eigenvalue weighted by molar-refractivity contribution is 5.96. The van der Waals surface area contributed by atoms with Crippen molar-refractivity contribution in [3.05, 3.63) is 28.8 Å². The van der Waals surface area contributed by atoms with Crippen LogP contribution in [0.2, 0.25) is 0 Å². The summed E-state index contributed by atoms with van der Waals surface area (Å²) in [5.41, 5.74) is 9.33. The zero-order valence-electron chi connectivity index (χ0n) is 12.6. The van der Waals surface area contributed by atoms with Crippen LogP contribution in [0.25, 0.3) is 0 Å². The van der Waals surface area contributed by atoms with Crippen LogP contribution in [-0.4, -0.2) is 36.6 Å². The molecular weight excluding hydrogens is 252 g/mol. The lowest BCUT2D eigenvalue weighted by atomic mass is 10.0. The minimum absolute atomic E-state index is 0.0682. The van der Waals surface area contributed by atoms with E-state index in [0.717, 1.165) is 30.5 Å². The highest BCUT2D eigenvalue weighted by atomic mass is 16.5. The average Bonchev–Trinajstić information content (AvgIpc) is 2.43. The summed E-state index contributed by atoms with van der Waals surface area (Å²) in [5.74, 6) is 0.0682. The minimum atomic E-state index is 0.0682. The van der Waals surface area contributed by atoms with E-state index in [-0.39, 0.29) is 12.0 Å². The zero-order chi connectivity index (χ0) is 14.7. The topological polar surface area (TPSA) is 55.6 Å². The van der Waals surface area contributed by atoms with Crippen LogP contribution in [0.3, 0.4) is 0 Å². The molecule has 1 heterocycles. The quantitative estimate of drug-likeness (QED) is 0.863. The number of rotatable bonds is 3. The molecule has 1 fully saturated rings. The molecule has 110 valence electrons. The molecular formula is C16H24N2O2. The Bertz CT molecular complexity index is 497. The molecule has 1 aromatic rings. The molecule has 2 N–H and O–H groups in total. The number of piperidine rings is 1. The number of hydrogen-bond donors (Lipinski definition) is 1. The van der Waals surface area contributed by atoms with Gasteiger partial charge in [-0.2, -0.15) is 0 Å². The molecule has 1 unspecified atom stereocenters. The summed E-state index contributed by atoms with van der Waals surface area (Å²) in [5, 5.41) is 0. The Morgan fingerprint density at radius 3 is 2.85 bits per heavy atom. The summed E-state index contributed by atoms with van der Waals surface area (Å²) in [6.07, 6.45) is 2.20. The normalized spacial score (nSPS) is 19.1. The summed E-state index contributed by atoms with van der Waals surface area (Å²) in [6.45, 7) is 8.09. The maximum atomic E-state index is 12.6. The summed E-state index contributed by atoms with van der Waals surface area (Å²) >= 11 is 0. The fraction of sp³-hybridized carbons (Fsp3) is 0.562. The van der Waals surface area contributed by atoms with Gasteiger partial charge in [-0.05, 0) is 50.8 Å². The fourth-order valence-corrected chi connectivity index (χ4v) is 2.76. The number of carbonyl (C=O) groups is 1. The van der Waals surface area contributed by atoms with Crippen LogP contribution in [0, 0.1) is 13.8 Å². The SMILES string of the molecule is CCOC1CCCN(C(=O)c2cc(N)c(C)cc2C)C1. The summed E-state index contributed by atoms with van der Waals surface area (Å²) < 4.78 is 5.65. The number of hydrogen-bond acceptors (Lipinski definition) is 3. The van der Waals surface area contributed by atoms with E-state index in [9.17, 15) is 4.79 Å². The van der Waals surface area contributed by atoms with Crippen LogP contribution < -0.4 is 5.73 Å². The largest absolute Gasteiger partial charge is 0.398 e. The lowest BCUT2D eigenvalue weighted by molar-refractivity contribution is 0.00722. The molecule has 1 aromatic carbocycles. The van der Waals surface area contributed by atoms with Crippen molar-refractivity contribution in [2.45, 2.75) is 39.7 Å². The molecule has 1 aliphatic heterocycles. The molecule has 0 aromatic heterocycles. The zero-order valence-corrected chi connectivity index (χ0v) is 12.6. The Morgan fingerprint density at radius 2 is 2.15 bits per heavy atom. The van der Waals surface area contributed by atoms with Gasteiger partial charge in [0.15, 0.2) is 0 Å². The van der Waals surface area contributed by atoms with Gasteiger partial charge < -0.3 is 15.4 Å². The van der Waals surface area contributed by atoms with E-state index in [1.54, 1.807) is 6.07 Å². The average molecular weight is 276 g/mol. The predicted octanol–water partition coefficient (Wildman–Crippen LogP) is 2.53. The van der Waals surface area contributed by atoms with E-state index < -0.39 is 0 Å². The Balaban J connectivity index is 2.16. The minimum Gasteiger partial charge on any atom is -0.398 e. The van der Waals surface area contributed by atoms with Crippen molar-refractivity contribution in [2.24, 2.45) is 0 Å². The third-order valence-electron chi connectivity index (χ3n) is 3.91. The second kappa shape index (κ2) is 6.27. The van der Waals surface area contributed by atoms with Gasteiger partial charge in [0, 0.05) is 30.9 Å². The van der Waals surface area contributed by atoms with E-state index in [1.807, 2.05) is 31.7 Å². The second-order valence-electron chi connectivity index (χ2n) is 5.49. The van der Waals surface area contributed by atoms with Gasteiger partial charge in [-0.3, -0.25) is 4.79 Å². The molecule has 4 nitrogen and oxygen atoms in total. The number of amides is 1. The summed E-state index contributed by atoms with van der Waals surface area (Å²) in [6, 6.07) is 3.78. The Morgan fingerprint density at radius 1 is 1.40 bits per heavy atom. The fourth-order valence-electron chi connectivity index (χ4n) is 2.76. The molecule has 0 aliphatic carbocycles. The van der Waals surface area contributed by atoms with Gasteiger partial charge >= 0.3 is 0 Å². The van der Waals surface area contributed by atoms with Gasteiger partial charge in [-0.25, -0.2) is 0 Å². The molecule has 0 bridgehead atoms. The smallest absolute Gasteiger partial charge is 0.254 e. The first kappa shape index (κ1) is 14.9. The number of anilines is 1. The van der Waals surface area contributed by atoms with Crippen LogP contribution in [0.15, 0.2) is 12.1 Å². The summed E-state index contributed by atoms with van der Waals surface area (Å²) in [4.78, 5) is 14.5. The van der Waals surface area contributed by atoms with E-state index in [2.05, 4.69) is 0 Å². The van der Waals surface area contributed by atoms with Crippen molar-refractivity contribution in [2.75, 3.05) is 25.4 Å². The molecule has 20 heavy (non-hydrogen) atoms. The van der Waals surface area contributed by atoms with Crippen molar-refractivity contribution in [1.82, 2.24) is 4.90 Å². The molecule has 0 spiro atoms. The molecule has 1 saturated heterocycles. The standard InChI is InChI=1S/C16H24N2O2/c1-4-20-13-6-5-7-18(10-13)16(19)14-9-15(17)12(3)8-11(14)2/h8-9,13H,4-7,10,17H2,1-3H3. The number of likely N-dealkylation sites (tertiary alicyclic amines) is 1. The van der Waals surface area contributed by atoms with Gasteiger partial charge in [0.25, 0.3) is 5.91 Å². The molecule has 0 radical (unpaired) electrons. The third-order valence-corrected chi connectivity index (χ3v) is 3.91. The van der Waals surface area contributed by atoms with Crippen LogP contribution in [0.1, 0.15) is 41.3 Å². The molecule has 2 rings (SSSR count). The van der Waals surface area contributed by atoms with Crippen LogP contribution in [0.5, 0.6) is 0 Å². The van der Waals surface area contributed by atoms with Crippen molar-refractivity contribution >= 4 is 11.6 Å². The van der Waals surface area contributed by atoms with Crippen molar-refractivity contribution in [3.63, 3.8) is 0 Å². The van der Waals surface area contributed by atoms with Gasteiger partial charge in [0.1, 0.15) is 0 Å². The number of aryl methyl sites for hydroxylation is 2. The molecule has 0 saturated carbocycles. The number of nitrogens with two attached hydrogens (primary N) is 1. The van der Waals surface area contributed by atoms with Crippen LogP contribution >= 0.6 is 0 Å².